The third-order valence-corrected chi connectivity index (χ3v) is 8.64. The van der Waals surface area contributed by atoms with Gasteiger partial charge in [0, 0.05) is 23.0 Å². The highest BCUT2D eigenvalue weighted by molar-refractivity contribution is 7.89. The summed E-state index contributed by atoms with van der Waals surface area (Å²) in [4.78, 5) is 0. The molecule has 6 nitrogen and oxygen atoms in total. The average molecular weight is 492 g/mol. The molecule has 0 aromatic heterocycles. The Morgan fingerprint density at radius 1 is 1.15 bits per heavy atom. The van der Waals surface area contributed by atoms with Gasteiger partial charge in [-0.05, 0) is 86.8 Å². The van der Waals surface area contributed by atoms with E-state index in [4.69, 9.17) is 16.3 Å². The zero-order chi connectivity index (χ0) is 23.3. The molecular formula is C25H34ClN3O3S. The Balaban J connectivity index is 1.44. The molecular weight excluding hydrogens is 458 g/mol. The predicted molar refractivity (Wildman–Crippen MR) is 134 cm³/mol. The molecule has 1 aliphatic carbocycles. The molecule has 2 aromatic carbocycles. The van der Waals surface area contributed by atoms with Crippen molar-refractivity contribution in [2.75, 3.05) is 39.0 Å². The molecule has 180 valence electrons. The van der Waals surface area contributed by atoms with E-state index < -0.39 is 10.0 Å². The van der Waals surface area contributed by atoms with E-state index in [0.717, 1.165) is 36.6 Å². The smallest absolute Gasteiger partial charge is 0.211 e. The summed E-state index contributed by atoms with van der Waals surface area (Å²) in [6.45, 7) is 2.20. The van der Waals surface area contributed by atoms with Crippen LogP contribution in [0.15, 0.2) is 42.5 Å². The highest BCUT2D eigenvalue weighted by Crippen LogP contribution is 2.53. The van der Waals surface area contributed by atoms with Crippen molar-refractivity contribution in [3.8, 4) is 5.75 Å². The molecule has 0 radical (unpaired) electrons. The molecule has 4 rings (SSSR count). The number of halogens is 1. The van der Waals surface area contributed by atoms with Gasteiger partial charge in [-0.1, -0.05) is 36.2 Å². The molecule has 2 aliphatic rings. The second kappa shape index (κ2) is 10.7. The normalized spacial score (nSPS) is 19.5. The molecule has 1 unspecified atom stereocenters. The first kappa shape index (κ1) is 24.5. The second-order valence-corrected chi connectivity index (χ2v) is 11.4. The molecule has 1 atom stereocenters. The molecule has 2 aromatic rings. The standard InChI is InChI=1S/C25H34ClN3O3S/c1-27-13-3-17-33(30,31)29-15-16-32-22-9-4-19-10-14-28-24(23(19)18-22)25(11-2-12-25)20-5-7-21(26)8-6-20/h4-9,18,24,27-29H,2-3,10-17H2,1H3. The van der Waals surface area contributed by atoms with Gasteiger partial charge in [-0.25, -0.2) is 13.1 Å². The van der Waals surface area contributed by atoms with Crippen LogP contribution >= 0.6 is 11.6 Å². The van der Waals surface area contributed by atoms with Gasteiger partial charge >= 0.3 is 0 Å². The van der Waals surface area contributed by atoms with E-state index >= 15 is 0 Å². The fourth-order valence-corrected chi connectivity index (χ4v) is 6.26. The fraction of sp³-hybridized carbons (Fsp3) is 0.520. The molecule has 33 heavy (non-hydrogen) atoms. The fourth-order valence-electron chi connectivity index (χ4n) is 5.07. The summed E-state index contributed by atoms with van der Waals surface area (Å²) in [6, 6.07) is 14.8. The zero-order valence-electron chi connectivity index (χ0n) is 19.2. The summed E-state index contributed by atoms with van der Waals surface area (Å²) < 4.78 is 32.7. The van der Waals surface area contributed by atoms with Crippen molar-refractivity contribution in [2.45, 2.75) is 43.6 Å². The SMILES string of the molecule is CNCCCS(=O)(=O)NCCOc1ccc2c(c1)C(C1(c3ccc(Cl)cc3)CCC1)NCC2. The van der Waals surface area contributed by atoms with E-state index in [1.165, 1.54) is 23.1 Å². The predicted octanol–water partition coefficient (Wildman–Crippen LogP) is 3.56. The molecule has 1 fully saturated rings. The summed E-state index contributed by atoms with van der Waals surface area (Å²) in [7, 11) is -1.46. The minimum atomic E-state index is -3.27. The van der Waals surface area contributed by atoms with Crippen molar-refractivity contribution in [3.63, 3.8) is 0 Å². The van der Waals surface area contributed by atoms with Gasteiger partial charge in [-0.15, -0.1) is 0 Å². The first-order valence-corrected chi connectivity index (χ1v) is 13.8. The third kappa shape index (κ3) is 5.72. The molecule has 1 aliphatic heterocycles. The van der Waals surface area contributed by atoms with Crippen molar-refractivity contribution in [1.29, 1.82) is 0 Å². The van der Waals surface area contributed by atoms with Crippen molar-refractivity contribution in [2.24, 2.45) is 0 Å². The summed E-state index contributed by atoms with van der Waals surface area (Å²) in [6.07, 6.45) is 5.09. The first-order chi connectivity index (χ1) is 15.9. The molecule has 1 heterocycles. The lowest BCUT2D eigenvalue weighted by Gasteiger charge is -2.50. The Labute approximate surface area is 202 Å². The van der Waals surface area contributed by atoms with Crippen LogP contribution in [0.2, 0.25) is 5.02 Å². The maximum absolute atomic E-state index is 12.0. The Bertz CT molecular complexity index is 1040. The monoisotopic (exact) mass is 491 g/mol. The lowest BCUT2D eigenvalue weighted by atomic mass is 9.58. The summed E-state index contributed by atoms with van der Waals surface area (Å²) >= 11 is 6.15. The van der Waals surface area contributed by atoms with Crippen LogP contribution in [0.4, 0.5) is 0 Å². The zero-order valence-corrected chi connectivity index (χ0v) is 20.8. The quantitative estimate of drug-likeness (QED) is 0.419. The Kier molecular flexibility index (Phi) is 7.97. The molecule has 0 spiro atoms. The Morgan fingerprint density at radius 3 is 2.64 bits per heavy atom. The third-order valence-electron chi connectivity index (χ3n) is 6.92. The lowest BCUT2D eigenvalue weighted by molar-refractivity contribution is 0.164. The van der Waals surface area contributed by atoms with Crippen LogP contribution < -0.4 is 20.1 Å². The van der Waals surface area contributed by atoms with Crippen LogP contribution in [-0.4, -0.2) is 47.5 Å². The van der Waals surface area contributed by atoms with Gasteiger partial charge in [-0.3, -0.25) is 0 Å². The van der Waals surface area contributed by atoms with Gasteiger partial charge in [0.1, 0.15) is 12.4 Å². The van der Waals surface area contributed by atoms with Gasteiger partial charge in [0.25, 0.3) is 0 Å². The maximum Gasteiger partial charge on any atom is 0.211 e. The summed E-state index contributed by atoms with van der Waals surface area (Å²) in [5.74, 6) is 0.898. The number of hydrogen-bond donors (Lipinski definition) is 3. The van der Waals surface area contributed by atoms with Crippen LogP contribution in [0.3, 0.4) is 0 Å². The number of benzene rings is 2. The summed E-state index contributed by atoms with van der Waals surface area (Å²) in [5.41, 5.74) is 4.06. The average Bonchev–Trinajstić information content (AvgIpc) is 2.77. The summed E-state index contributed by atoms with van der Waals surface area (Å²) in [5, 5.41) is 7.51. The van der Waals surface area contributed by atoms with E-state index in [1.807, 2.05) is 25.2 Å². The maximum atomic E-state index is 12.0. The molecule has 0 saturated heterocycles. The van der Waals surface area contributed by atoms with Crippen molar-refractivity contribution >= 4 is 21.6 Å². The van der Waals surface area contributed by atoms with Gasteiger partial charge in [0.05, 0.1) is 5.75 Å². The second-order valence-electron chi connectivity index (χ2n) is 9.03. The van der Waals surface area contributed by atoms with E-state index in [0.29, 0.717) is 19.6 Å². The number of rotatable bonds is 11. The van der Waals surface area contributed by atoms with Crippen LogP contribution in [0, 0.1) is 0 Å². The minimum absolute atomic E-state index is 0.0708. The van der Waals surface area contributed by atoms with E-state index in [9.17, 15) is 8.42 Å². The Morgan fingerprint density at radius 2 is 1.94 bits per heavy atom. The van der Waals surface area contributed by atoms with E-state index in [1.54, 1.807) is 0 Å². The topological polar surface area (TPSA) is 79.5 Å². The van der Waals surface area contributed by atoms with Crippen molar-refractivity contribution in [1.82, 2.24) is 15.4 Å². The van der Waals surface area contributed by atoms with E-state index in [-0.39, 0.29) is 23.8 Å². The van der Waals surface area contributed by atoms with Gasteiger partial charge < -0.3 is 15.4 Å². The van der Waals surface area contributed by atoms with Crippen LogP contribution in [0.1, 0.15) is 48.4 Å². The van der Waals surface area contributed by atoms with Crippen molar-refractivity contribution in [3.05, 3.63) is 64.2 Å². The number of sulfonamides is 1. The van der Waals surface area contributed by atoms with Crippen LogP contribution in [-0.2, 0) is 21.9 Å². The molecule has 3 N–H and O–H groups in total. The molecule has 0 bridgehead atoms. The number of fused-ring (bicyclic) bond motifs is 1. The minimum Gasteiger partial charge on any atom is -0.492 e. The highest BCUT2D eigenvalue weighted by atomic mass is 35.5. The van der Waals surface area contributed by atoms with Gasteiger partial charge in [0.2, 0.25) is 10.0 Å². The largest absolute Gasteiger partial charge is 0.492 e. The van der Waals surface area contributed by atoms with E-state index in [2.05, 4.69) is 39.6 Å². The number of hydrogen-bond acceptors (Lipinski definition) is 5. The van der Waals surface area contributed by atoms with Gasteiger partial charge in [0.15, 0.2) is 0 Å². The first-order valence-electron chi connectivity index (χ1n) is 11.8. The Hall–Kier alpha value is -1.64. The molecule has 1 saturated carbocycles. The van der Waals surface area contributed by atoms with Crippen LogP contribution in [0.5, 0.6) is 5.75 Å². The number of ether oxygens (including phenoxy) is 1. The number of nitrogens with one attached hydrogen (secondary N) is 3. The molecule has 8 heteroatoms. The van der Waals surface area contributed by atoms with Gasteiger partial charge in [-0.2, -0.15) is 0 Å². The van der Waals surface area contributed by atoms with Crippen molar-refractivity contribution < 1.29 is 13.2 Å². The molecule has 0 amide bonds. The van der Waals surface area contributed by atoms with Crippen LogP contribution in [0.25, 0.3) is 0 Å². The lowest BCUT2D eigenvalue weighted by Crippen LogP contribution is -2.49. The highest BCUT2D eigenvalue weighted by Gasteiger charge is 2.47.